The number of carbonyl (C=O) groups is 1. The van der Waals surface area contributed by atoms with Crippen molar-refractivity contribution in [1.82, 2.24) is 25.3 Å². The molecule has 29 heavy (non-hydrogen) atoms. The van der Waals surface area contributed by atoms with Crippen LogP contribution >= 0.6 is 0 Å². The molecule has 2 N–H and O–H groups in total. The van der Waals surface area contributed by atoms with Crippen molar-refractivity contribution in [3.05, 3.63) is 53.9 Å². The van der Waals surface area contributed by atoms with E-state index in [-0.39, 0.29) is 5.91 Å². The van der Waals surface area contributed by atoms with Gasteiger partial charge in [-0.2, -0.15) is 5.10 Å². The highest BCUT2D eigenvalue weighted by molar-refractivity contribution is 5.81. The second-order valence-electron chi connectivity index (χ2n) is 7.51. The maximum absolute atomic E-state index is 12.5. The summed E-state index contributed by atoms with van der Waals surface area (Å²) in [6.07, 6.45) is 7.69. The number of hydrogen-bond donors (Lipinski definition) is 2. The van der Waals surface area contributed by atoms with Crippen molar-refractivity contribution in [2.45, 2.75) is 51.7 Å². The molecule has 156 valence electrons. The smallest absolute Gasteiger partial charge is 0.224 e. The first-order valence-corrected chi connectivity index (χ1v) is 10.5. The van der Waals surface area contributed by atoms with E-state index < -0.39 is 0 Å². The van der Waals surface area contributed by atoms with Gasteiger partial charge in [0.15, 0.2) is 5.96 Å². The third kappa shape index (κ3) is 6.07. The quantitative estimate of drug-likeness (QED) is 0.557. The minimum absolute atomic E-state index is 0.227. The van der Waals surface area contributed by atoms with E-state index in [1.807, 2.05) is 34.0 Å². The summed E-state index contributed by atoms with van der Waals surface area (Å²) in [7, 11) is 1.75. The summed E-state index contributed by atoms with van der Waals surface area (Å²) in [5.41, 5.74) is 2.41. The molecule has 0 bridgehead atoms. The minimum Gasteiger partial charge on any atom is -0.356 e. The molecule has 0 spiro atoms. The van der Waals surface area contributed by atoms with E-state index in [1.54, 1.807) is 13.2 Å². The Balaban J connectivity index is 1.47. The predicted molar refractivity (Wildman–Crippen MR) is 116 cm³/mol. The highest BCUT2D eigenvalue weighted by Gasteiger charge is 2.22. The van der Waals surface area contributed by atoms with Gasteiger partial charge in [0.1, 0.15) is 0 Å². The maximum atomic E-state index is 12.5. The van der Waals surface area contributed by atoms with Crippen LogP contribution < -0.4 is 10.6 Å². The number of aromatic nitrogens is 2. The Labute approximate surface area is 173 Å². The Morgan fingerprint density at radius 2 is 2.03 bits per heavy atom. The first-order valence-electron chi connectivity index (χ1n) is 10.5. The number of piperidine rings is 1. The number of amides is 1. The van der Waals surface area contributed by atoms with Crippen LogP contribution in [0, 0.1) is 0 Å². The van der Waals surface area contributed by atoms with E-state index >= 15 is 0 Å². The Hall–Kier alpha value is -2.83. The van der Waals surface area contributed by atoms with Crippen LogP contribution in [0.15, 0.2) is 47.7 Å². The zero-order chi connectivity index (χ0) is 20.5. The molecule has 1 aliphatic heterocycles. The summed E-state index contributed by atoms with van der Waals surface area (Å²) in [4.78, 5) is 18.8. The van der Waals surface area contributed by atoms with Crippen LogP contribution in [0.3, 0.4) is 0 Å². The molecule has 0 radical (unpaired) electrons. The van der Waals surface area contributed by atoms with Gasteiger partial charge in [0.05, 0.1) is 6.54 Å². The SMILES string of the molecule is CN=C(NCCC(=O)N1CCCCC1C)NCc1ccccc1Cn1cccn1. The van der Waals surface area contributed by atoms with Gasteiger partial charge in [0.25, 0.3) is 0 Å². The van der Waals surface area contributed by atoms with Crippen LogP contribution in [0.1, 0.15) is 43.7 Å². The van der Waals surface area contributed by atoms with Gasteiger partial charge in [-0.25, -0.2) is 0 Å². The van der Waals surface area contributed by atoms with E-state index in [9.17, 15) is 4.79 Å². The maximum Gasteiger partial charge on any atom is 0.224 e. The number of carbonyl (C=O) groups excluding carboxylic acids is 1. The lowest BCUT2D eigenvalue weighted by Gasteiger charge is -2.33. The largest absolute Gasteiger partial charge is 0.356 e. The van der Waals surface area contributed by atoms with Gasteiger partial charge in [-0.1, -0.05) is 24.3 Å². The molecule has 7 heteroatoms. The fraction of sp³-hybridized carbons (Fsp3) is 0.500. The lowest BCUT2D eigenvalue weighted by molar-refractivity contribution is -0.134. The Morgan fingerprint density at radius 1 is 1.21 bits per heavy atom. The molecular formula is C22H32N6O. The lowest BCUT2D eigenvalue weighted by Crippen LogP contribution is -2.44. The zero-order valence-electron chi connectivity index (χ0n) is 17.5. The normalized spacial score (nSPS) is 17.2. The van der Waals surface area contributed by atoms with Gasteiger partial charge in [-0.3, -0.25) is 14.5 Å². The molecule has 0 aliphatic carbocycles. The molecular weight excluding hydrogens is 364 g/mol. The zero-order valence-corrected chi connectivity index (χ0v) is 17.5. The molecule has 2 heterocycles. The fourth-order valence-corrected chi connectivity index (χ4v) is 3.75. The first-order chi connectivity index (χ1) is 14.2. The number of aliphatic imine (C=N–C) groups is 1. The van der Waals surface area contributed by atoms with Crippen molar-refractivity contribution >= 4 is 11.9 Å². The number of likely N-dealkylation sites (tertiary alicyclic amines) is 1. The molecule has 7 nitrogen and oxygen atoms in total. The number of benzene rings is 1. The van der Waals surface area contributed by atoms with Gasteiger partial charge >= 0.3 is 0 Å². The van der Waals surface area contributed by atoms with Gasteiger partial charge in [-0.15, -0.1) is 0 Å². The Morgan fingerprint density at radius 3 is 2.76 bits per heavy atom. The minimum atomic E-state index is 0.227. The monoisotopic (exact) mass is 396 g/mol. The molecule has 1 aromatic carbocycles. The van der Waals surface area contributed by atoms with E-state index in [1.165, 1.54) is 17.5 Å². The second kappa shape index (κ2) is 10.6. The van der Waals surface area contributed by atoms with Crippen molar-refractivity contribution < 1.29 is 4.79 Å². The van der Waals surface area contributed by atoms with Crippen LogP contribution in [0.2, 0.25) is 0 Å². The highest BCUT2D eigenvalue weighted by Crippen LogP contribution is 2.17. The van der Waals surface area contributed by atoms with E-state index in [0.717, 1.165) is 25.9 Å². The lowest BCUT2D eigenvalue weighted by atomic mass is 10.0. The molecule has 1 aromatic heterocycles. The second-order valence-corrected chi connectivity index (χ2v) is 7.51. The molecule has 1 unspecified atom stereocenters. The van der Waals surface area contributed by atoms with Crippen LogP contribution in [-0.4, -0.2) is 52.7 Å². The average molecular weight is 397 g/mol. The highest BCUT2D eigenvalue weighted by atomic mass is 16.2. The Bertz CT molecular complexity index is 801. The summed E-state index contributed by atoms with van der Waals surface area (Å²) in [6.45, 7) is 5.01. The van der Waals surface area contributed by atoms with Gasteiger partial charge in [-0.05, 0) is 43.4 Å². The number of guanidine groups is 1. The van der Waals surface area contributed by atoms with Crippen molar-refractivity contribution in [3.8, 4) is 0 Å². The van der Waals surface area contributed by atoms with Crippen LogP contribution in [0.4, 0.5) is 0 Å². The molecule has 1 atom stereocenters. The third-order valence-electron chi connectivity index (χ3n) is 5.43. The molecule has 1 saturated heterocycles. The van der Waals surface area contributed by atoms with Gasteiger partial charge < -0.3 is 15.5 Å². The van der Waals surface area contributed by atoms with Crippen molar-refractivity contribution in [2.24, 2.45) is 4.99 Å². The van der Waals surface area contributed by atoms with E-state index in [0.29, 0.717) is 31.5 Å². The molecule has 1 fully saturated rings. The fourth-order valence-electron chi connectivity index (χ4n) is 3.75. The van der Waals surface area contributed by atoms with Gasteiger partial charge in [0, 0.05) is 51.5 Å². The van der Waals surface area contributed by atoms with Gasteiger partial charge in [0.2, 0.25) is 5.91 Å². The number of nitrogens with zero attached hydrogens (tertiary/aromatic N) is 4. The molecule has 1 aliphatic rings. The number of nitrogens with one attached hydrogen (secondary N) is 2. The molecule has 3 rings (SSSR count). The third-order valence-corrected chi connectivity index (χ3v) is 5.43. The summed E-state index contributed by atoms with van der Waals surface area (Å²) >= 11 is 0. The topological polar surface area (TPSA) is 74.6 Å². The van der Waals surface area contributed by atoms with Crippen LogP contribution in [0.25, 0.3) is 0 Å². The number of hydrogen-bond acceptors (Lipinski definition) is 3. The summed E-state index contributed by atoms with van der Waals surface area (Å²) < 4.78 is 1.92. The Kier molecular flexibility index (Phi) is 7.67. The summed E-state index contributed by atoms with van der Waals surface area (Å²) in [5.74, 6) is 0.933. The summed E-state index contributed by atoms with van der Waals surface area (Å²) in [6, 6.07) is 10.6. The molecule has 0 saturated carbocycles. The van der Waals surface area contributed by atoms with Crippen LogP contribution in [0.5, 0.6) is 0 Å². The number of rotatable bonds is 7. The standard InChI is InChI=1S/C22H32N6O/c1-18-8-5-6-15-28(18)21(29)11-13-24-22(23-2)25-16-19-9-3-4-10-20(19)17-27-14-7-12-26-27/h3-4,7,9-10,12,14,18H,5-6,8,11,13,15-17H2,1-2H3,(H2,23,24,25). The predicted octanol–water partition coefficient (Wildman–Crippen LogP) is 2.39. The molecule has 1 amide bonds. The molecule has 2 aromatic rings. The summed E-state index contributed by atoms with van der Waals surface area (Å²) in [5, 5.41) is 10.9. The average Bonchev–Trinajstić information content (AvgIpc) is 3.25. The first kappa shape index (κ1) is 20.9. The van der Waals surface area contributed by atoms with Crippen molar-refractivity contribution in [3.63, 3.8) is 0 Å². The van der Waals surface area contributed by atoms with Crippen molar-refractivity contribution in [1.29, 1.82) is 0 Å². The van der Waals surface area contributed by atoms with E-state index in [2.05, 4.69) is 39.8 Å². The van der Waals surface area contributed by atoms with Crippen LogP contribution in [-0.2, 0) is 17.9 Å². The van der Waals surface area contributed by atoms with E-state index in [4.69, 9.17) is 0 Å². The van der Waals surface area contributed by atoms with Crippen molar-refractivity contribution in [2.75, 3.05) is 20.1 Å².